The van der Waals surface area contributed by atoms with Crippen molar-refractivity contribution >= 4 is 10.0 Å². The van der Waals surface area contributed by atoms with Crippen molar-refractivity contribution in [2.24, 2.45) is 11.8 Å². The molecule has 0 unspecified atom stereocenters. The highest BCUT2D eigenvalue weighted by Gasteiger charge is 2.22. The summed E-state index contributed by atoms with van der Waals surface area (Å²) < 4.78 is 32.2. The normalized spacial score (nSPS) is 31.6. The predicted octanol–water partition coefficient (Wildman–Crippen LogP) is 1.45. The molecule has 0 aliphatic carbocycles. The number of hydrogen-bond donors (Lipinski definition) is 1. The quantitative estimate of drug-likeness (QED) is 0.772. The summed E-state index contributed by atoms with van der Waals surface area (Å²) in [5, 5.41) is 0. The maximum absolute atomic E-state index is 12.0. The van der Waals surface area contributed by atoms with Crippen molar-refractivity contribution in [2.45, 2.75) is 45.6 Å². The Morgan fingerprint density at radius 2 is 1.95 bits per heavy atom. The summed E-state index contributed by atoms with van der Waals surface area (Å²) in [7, 11) is -3.15. The number of nitrogens with zero attached hydrogens (tertiary/aromatic N) is 1. The van der Waals surface area contributed by atoms with Gasteiger partial charge in [-0.1, -0.05) is 13.8 Å². The third-order valence-corrected chi connectivity index (χ3v) is 5.84. The van der Waals surface area contributed by atoms with Crippen molar-refractivity contribution in [3.05, 3.63) is 0 Å². The van der Waals surface area contributed by atoms with Gasteiger partial charge < -0.3 is 9.64 Å². The first kappa shape index (κ1) is 17.2. The minimum Gasteiger partial charge on any atom is -0.378 e. The SMILES string of the molecule is C[C@@H]1C[C@H](C)CN(CCNS(=O)(=O)CC[C@@H]2CCCO2)C1. The van der Waals surface area contributed by atoms with E-state index >= 15 is 0 Å². The van der Waals surface area contributed by atoms with Crippen LogP contribution in [0, 0.1) is 11.8 Å². The van der Waals surface area contributed by atoms with Crippen LogP contribution < -0.4 is 4.72 Å². The lowest BCUT2D eigenvalue weighted by Crippen LogP contribution is -2.43. The van der Waals surface area contributed by atoms with Gasteiger partial charge in [0.1, 0.15) is 0 Å². The van der Waals surface area contributed by atoms with Crippen LogP contribution in [0.2, 0.25) is 0 Å². The largest absolute Gasteiger partial charge is 0.378 e. The van der Waals surface area contributed by atoms with Crippen LogP contribution in [-0.2, 0) is 14.8 Å². The fraction of sp³-hybridized carbons (Fsp3) is 1.00. The summed E-state index contributed by atoms with van der Waals surface area (Å²) in [5.41, 5.74) is 0. The second-order valence-electron chi connectivity index (χ2n) is 6.84. The van der Waals surface area contributed by atoms with Crippen LogP contribution in [0.5, 0.6) is 0 Å². The molecule has 5 nitrogen and oxygen atoms in total. The lowest BCUT2D eigenvalue weighted by atomic mass is 9.92. The number of sulfonamides is 1. The number of nitrogens with one attached hydrogen (secondary N) is 1. The van der Waals surface area contributed by atoms with Crippen LogP contribution in [-0.4, -0.2) is 58.0 Å². The number of likely N-dealkylation sites (tertiary alicyclic amines) is 1. The highest BCUT2D eigenvalue weighted by atomic mass is 32.2. The summed E-state index contributed by atoms with van der Waals surface area (Å²) in [6.45, 7) is 8.83. The van der Waals surface area contributed by atoms with Gasteiger partial charge in [0.25, 0.3) is 0 Å². The molecule has 2 heterocycles. The molecule has 21 heavy (non-hydrogen) atoms. The molecular weight excluding hydrogens is 288 g/mol. The maximum Gasteiger partial charge on any atom is 0.211 e. The first-order chi connectivity index (χ1) is 9.94. The van der Waals surface area contributed by atoms with E-state index < -0.39 is 10.0 Å². The van der Waals surface area contributed by atoms with E-state index in [1.54, 1.807) is 0 Å². The van der Waals surface area contributed by atoms with Crippen LogP contribution in [0.1, 0.15) is 39.5 Å². The Morgan fingerprint density at radius 1 is 1.24 bits per heavy atom. The minimum absolute atomic E-state index is 0.144. The van der Waals surface area contributed by atoms with E-state index in [9.17, 15) is 8.42 Å². The van der Waals surface area contributed by atoms with E-state index in [0.29, 0.717) is 24.8 Å². The molecule has 2 rings (SSSR count). The highest BCUT2D eigenvalue weighted by Crippen LogP contribution is 2.20. The van der Waals surface area contributed by atoms with Crippen molar-refractivity contribution in [2.75, 3.05) is 38.5 Å². The maximum atomic E-state index is 12.0. The van der Waals surface area contributed by atoms with Gasteiger partial charge in [0.2, 0.25) is 10.0 Å². The average Bonchev–Trinajstić information content (AvgIpc) is 2.88. The zero-order valence-corrected chi connectivity index (χ0v) is 14.2. The Hall–Kier alpha value is -0.170. The fourth-order valence-electron chi connectivity index (χ4n) is 3.56. The van der Waals surface area contributed by atoms with Crippen molar-refractivity contribution in [1.29, 1.82) is 0 Å². The van der Waals surface area contributed by atoms with Gasteiger partial charge in [-0.25, -0.2) is 13.1 Å². The first-order valence-corrected chi connectivity index (χ1v) is 9.91. The molecule has 6 heteroatoms. The fourth-order valence-corrected chi connectivity index (χ4v) is 4.68. The Kier molecular flexibility index (Phi) is 6.47. The van der Waals surface area contributed by atoms with Crippen molar-refractivity contribution in [3.8, 4) is 0 Å². The summed E-state index contributed by atoms with van der Waals surface area (Å²) in [5.74, 6) is 1.61. The topological polar surface area (TPSA) is 58.6 Å². The molecule has 2 aliphatic rings. The second kappa shape index (κ2) is 7.90. The van der Waals surface area contributed by atoms with E-state index in [4.69, 9.17) is 4.74 Å². The van der Waals surface area contributed by atoms with Gasteiger partial charge in [0.15, 0.2) is 0 Å². The van der Waals surface area contributed by atoms with Gasteiger partial charge >= 0.3 is 0 Å². The Bertz CT molecular complexity index is 397. The molecule has 2 saturated heterocycles. The van der Waals surface area contributed by atoms with Gasteiger partial charge in [-0.05, 0) is 37.5 Å². The molecule has 1 N–H and O–H groups in total. The Balaban J connectivity index is 1.64. The number of ether oxygens (including phenoxy) is 1. The molecular formula is C15H30N2O3S. The molecule has 0 radical (unpaired) electrons. The van der Waals surface area contributed by atoms with E-state index in [1.807, 2.05) is 0 Å². The van der Waals surface area contributed by atoms with Crippen LogP contribution in [0.25, 0.3) is 0 Å². The summed E-state index contributed by atoms with van der Waals surface area (Å²) >= 11 is 0. The molecule has 0 bridgehead atoms. The summed E-state index contributed by atoms with van der Waals surface area (Å²) in [6, 6.07) is 0. The van der Waals surface area contributed by atoms with Gasteiger partial charge in [0.05, 0.1) is 11.9 Å². The Labute approximate surface area is 129 Å². The summed E-state index contributed by atoms with van der Waals surface area (Å²) in [4.78, 5) is 2.38. The van der Waals surface area contributed by atoms with E-state index in [2.05, 4.69) is 23.5 Å². The molecule has 2 aliphatic heterocycles. The van der Waals surface area contributed by atoms with Crippen LogP contribution >= 0.6 is 0 Å². The van der Waals surface area contributed by atoms with Crippen LogP contribution in [0.3, 0.4) is 0 Å². The van der Waals surface area contributed by atoms with Gasteiger partial charge in [0, 0.05) is 32.8 Å². The molecule has 0 aromatic rings. The predicted molar refractivity (Wildman–Crippen MR) is 84.8 cm³/mol. The molecule has 0 aromatic carbocycles. The van der Waals surface area contributed by atoms with E-state index in [0.717, 1.165) is 39.1 Å². The van der Waals surface area contributed by atoms with Gasteiger partial charge in [-0.15, -0.1) is 0 Å². The monoisotopic (exact) mass is 318 g/mol. The van der Waals surface area contributed by atoms with Crippen molar-refractivity contribution in [1.82, 2.24) is 9.62 Å². The number of piperidine rings is 1. The molecule has 0 aromatic heterocycles. The third kappa shape index (κ3) is 6.22. The third-order valence-electron chi connectivity index (χ3n) is 4.43. The lowest BCUT2D eigenvalue weighted by Gasteiger charge is -2.34. The van der Waals surface area contributed by atoms with Gasteiger partial charge in [-0.2, -0.15) is 0 Å². The first-order valence-electron chi connectivity index (χ1n) is 8.26. The Morgan fingerprint density at radius 3 is 2.57 bits per heavy atom. The van der Waals surface area contributed by atoms with Crippen molar-refractivity contribution in [3.63, 3.8) is 0 Å². The molecule has 2 fully saturated rings. The number of hydrogen-bond acceptors (Lipinski definition) is 4. The van der Waals surface area contributed by atoms with Crippen LogP contribution in [0.4, 0.5) is 0 Å². The standard InChI is InChI=1S/C15H30N2O3S/c1-13-10-14(2)12-17(11-13)7-6-16-21(18,19)9-5-15-4-3-8-20-15/h13-16H,3-12H2,1-2H3/t13-,14+,15-/m0/s1. The zero-order chi connectivity index (χ0) is 15.3. The van der Waals surface area contributed by atoms with E-state index in [1.165, 1.54) is 6.42 Å². The molecule has 3 atom stereocenters. The minimum atomic E-state index is -3.15. The number of rotatable bonds is 7. The van der Waals surface area contributed by atoms with Gasteiger partial charge in [-0.3, -0.25) is 0 Å². The molecule has 0 saturated carbocycles. The second-order valence-corrected chi connectivity index (χ2v) is 8.77. The molecule has 0 amide bonds. The smallest absolute Gasteiger partial charge is 0.211 e. The average molecular weight is 318 g/mol. The molecule has 0 spiro atoms. The van der Waals surface area contributed by atoms with E-state index in [-0.39, 0.29) is 11.9 Å². The summed E-state index contributed by atoms with van der Waals surface area (Å²) in [6.07, 6.45) is 4.10. The van der Waals surface area contributed by atoms with Crippen LogP contribution in [0.15, 0.2) is 0 Å². The zero-order valence-electron chi connectivity index (χ0n) is 13.4. The van der Waals surface area contributed by atoms with Crippen molar-refractivity contribution < 1.29 is 13.2 Å². The highest BCUT2D eigenvalue weighted by molar-refractivity contribution is 7.89. The molecule has 124 valence electrons. The lowest BCUT2D eigenvalue weighted by molar-refractivity contribution is 0.108.